The molecular formula is C14H23NO. The first-order valence-corrected chi connectivity index (χ1v) is 6.07. The van der Waals surface area contributed by atoms with Gasteiger partial charge >= 0.3 is 0 Å². The van der Waals surface area contributed by atoms with E-state index < -0.39 is 0 Å². The number of hydrogen-bond acceptors (Lipinski definition) is 2. The summed E-state index contributed by atoms with van der Waals surface area (Å²) >= 11 is 0. The smallest absolute Gasteiger partial charge is 0.0445 e. The third kappa shape index (κ3) is 3.95. The van der Waals surface area contributed by atoms with Gasteiger partial charge in [-0.3, -0.25) is 0 Å². The van der Waals surface area contributed by atoms with Crippen molar-refractivity contribution in [3.8, 4) is 0 Å². The molecule has 0 bridgehead atoms. The first-order valence-electron chi connectivity index (χ1n) is 6.07. The molecule has 1 aromatic rings. The van der Waals surface area contributed by atoms with E-state index in [1.165, 1.54) is 16.7 Å². The fourth-order valence-electron chi connectivity index (χ4n) is 1.90. The van der Waals surface area contributed by atoms with Gasteiger partial charge in [0.15, 0.2) is 0 Å². The van der Waals surface area contributed by atoms with E-state index in [4.69, 9.17) is 5.11 Å². The highest BCUT2D eigenvalue weighted by atomic mass is 16.3. The number of aliphatic hydroxyl groups excluding tert-OH is 1. The van der Waals surface area contributed by atoms with Gasteiger partial charge in [-0.1, -0.05) is 30.7 Å². The summed E-state index contributed by atoms with van der Waals surface area (Å²) in [5.74, 6) is 0. The monoisotopic (exact) mass is 221 g/mol. The van der Waals surface area contributed by atoms with Gasteiger partial charge in [0.05, 0.1) is 0 Å². The van der Waals surface area contributed by atoms with Gasteiger partial charge in [0.2, 0.25) is 0 Å². The Hall–Kier alpha value is -0.860. The molecule has 0 aliphatic rings. The molecule has 2 N–H and O–H groups in total. The normalized spacial score (nSPS) is 12.8. The Morgan fingerprint density at radius 1 is 1.31 bits per heavy atom. The van der Waals surface area contributed by atoms with Crippen molar-refractivity contribution in [1.82, 2.24) is 5.32 Å². The molecular weight excluding hydrogens is 198 g/mol. The summed E-state index contributed by atoms with van der Waals surface area (Å²) in [6.07, 6.45) is 1.90. The van der Waals surface area contributed by atoms with Crippen LogP contribution in [0.2, 0.25) is 0 Å². The summed E-state index contributed by atoms with van der Waals surface area (Å²) in [5, 5.41) is 12.4. The summed E-state index contributed by atoms with van der Waals surface area (Å²) in [6, 6.07) is 6.97. The lowest BCUT2D eigenvalue weighted by molar-refractivity contribution is 0.262. The molecule has 0 spiro atoms. The zero-order chi connectivity index (χ0) is 12.0. The molecule has 0 aliphatic carbocycles. The second kappa shape index (κ2) is 6.66. The second-order valence-corrected chi connectivity index (χ2v) is 4.43. The minimum atomic E-state index is 0.262. The van der Waals surface area contributed by atoms with E-state index in [1.807, 2.05) is 0 Å². The van der Waals surface area contributed by atoms with E-state index in [2.05, 4.69) is 44.3 Å². The maximum atomic E-state index is 8.92. The molecule has 0 radical (unpaired) electrons. The van der Waals surface area contributed by atoms with Crippen molar-refractivity contribution in [2.45, 2.75) is 46.2 Å². The highest BCUT2D eigenvalue weighted by molar-refractivity contribution is 5.30. The van der Waals surface area contributed by atoms with Gasteiger partial charge in [-0.2, -0.15) is 0 Å². The molecule has 0 aliphatic heterocycles. The van der Waals surface area contributed by atoms with Crippen LogP contribution in [0.25, 0.3) is 0 Å². The highest BCUT2D eigenvalue weighted by Crippen LogP contribution is 2.11. The molecule has 2 heteroatoms. The molecule has 0 saturated heterocycles. The maximum Gasteiger partial charge on any atom is 0.0445 e. The topological polar surface area (TPSA) is 32.3 Å². The SMILES string of the molecule is CCC(CCO)NCc1ccc(C)cc1C. The minimum absolute atomic E-state index is 0.262. The molecule has 0 amide bonds. The Labute approximate surface area is 98.7 Å². The van der Waals surface area contributed by atoms with Gasteiger partial charge in [-0.25, -0.2) is 0 Å². The molecule has 0 aromatic heterocycles. The quantitative estimate of drug-likeness (QED) is 0.773. The van der Waals surface area contributed by atoms with Gasteiger partial charge in [0.1, 0.15) is 0 Å². The van der Waals surface area contributed by atoms with Gasteiger partial charge < -0.3 is 10.4 Å². The van der Waals surface area contributed by atoms with Crippen LogP contribution in [0.1, 0.15) is 36.5 Å². The number of benzene rings is 1. The Bertz CT molecular complexity index is 323. The predicted octanol–water partition coefficient (Wildman–Crippen LogP) is 2.55. The van der Waals surface area contributed by atoms with Crippen molar-refractivity contribution in [2.24, 2.45) is 0 Å². The van der Waals surface area contributed by atoms with E-state index in [1.54, 1.807) is 0 Å². The van der Waals surface area contributed by atoms with E-state index >= 15 is 0 Å². The molecule has 2 nitrogen and oxygen atoms in total. The predicted molar refractivity (Wildman–Crippen MR) is 68.5 cm³/mol. The Balaban J connectivity index is 2.53. The molecule has 0 saturated carbocycles. The number of nitrogens with one attached hydrogen (secondary N) is 1. The summed E-state index contributed by atoms with van der Waals surface area (Å²) in [5.41, 5.74) is 4.00. The van der Waals surface area contributed by atoms with Crippen LogP contribution < -0.4 is 5.32 Å². The van der Waals surface area contributed by atoms with Gasteiger partial charge in [-0.05, 0) is 37.8 Å². The van der Waals surface area contributed by atoms with Gasteiger partial charge in [0, 0.05) is 19.2 Å². The second-order valence-electron chi connectivity index (χ2n) is 4.43. The van der Waals surface area contributed by atoms with Crippen LogP contribution in [0.4, 0.5) is 0 Å². The third-order valence-electron chi connectivity index (χ3n) is 3.05. The number of aliphatic hydroxyl groups is 1. The summed E-state index contributed by atoms with van der Waals surface area (Å²) in [6.45, 7) is 7.57. The fraction of sp³-hybridized carbons (Fsp3) is 0.571. The molecule has 1 aromatic carbocycles. The van der Waals surface area contributed by atoms with Crippen molar-refractivity contribution in [3.05, 3.63) is 34.9 Å². The molecule has 0 heterocycles. The number of rotatable bonds is 6. The van der Waals surface area contributed by atoms with Crippen LogP contribution in [0.5, 0.6) is 0 Å². The Morgan fingerprint density at radius 2 is 2.06 bits per heavy atom. The van der Waals surface area contributed by atoms with Crippen LogP contribution in [0.3, 0.4) is 0 Å². The molecule has 1 unspecified atom stereocenters. The standard InChI is InChI=1S/C14H23NO/c1-4-14(7-8-16)15-10-13-6-5-11(2)9-12(13)3/h5-6,9,14-16H,4,7-8,10H2,1-3H3. The van der Waals surface area contributed by atoms with Crippen molar-refractivity contribution >= 4 is 0 Å². The van der Waals surface area contributed by atoms with Crippen molar-refractivity contribution in [3.63, 3.8) is 0 Å². The van der Waals surface area contributed by atoms with Crippen LogP contribution in [-0.4, -0.2) is 17.8 Å². The first-order chi connectivity index (χ1) is 7.67. The Kier molecular flexibility index (Phi) is 5.50. The minimum Gasteiger partial charge on any atom is -0.396 e. The molecule has 90 valence electrons. The first kappa shape index (κ1) is 13.2. The summed E-state index contributed by atoms with van der Waals surface area (Å²) < 4.78 is 0. The van der Waals surface area contributed by atoms with E-state index in [0.29, 0.717) is 6.04 Å². The summed E-state index contributed by atoms with van der Waals surface area (Å²) in [7, 11) is 0. The summed E-state index contributed by atoms with van der Waals surface area (Å²) in [4.78, 5) is 0. The molecule has 16 heavy (non-hydrogen) atoms. The lowest BCUT2D eigenvalue weighted by atomic mass is 10.0. The molecule has 1 atom stereocenters. The fourth-order valence-corrected chi connectivity index (χ4v) is 1.90. The average molecular weight is 221 g/mol. The van der Waals surface area contributed by atoms with Gasteiger partial charge in [0.25, 0.3) is 0 Å². The van der Waals surface area contributed by atoms with Crippen molar-refractivity contribution < 1.29 is 5.11 Å². The van der Waals surface area contributed by atoms with E-state index in [-0.39, 0.29) is 6.61 Å². The zero-order valence-electron chi connectivity index (χ0n) is 10.6. The van der Waals surface area contributed by atoms with Gasteiger partial charge in [-0.15, -0.1) is 0 Å². The van der Waals surface area contributed by atoms with Crippen LogP contribution in [-0.2, 0) is 6.54 Å². The number of hydrogen-bond donors (Lipinski definition) is 2. The third-order valence-corrected chi connectivity index (χ3v) is 3.05. The lowest BCUT2D eigenvalue weighted by Gasteiger charge is -2.16. The van der Waals surface area contributed by atoms with E-state index in [0.717, 1.165) is 19.4 Å². The van der Waals surface area contributed by atoms with Crippen LogP contribution in [0, 0.1) is 13.8 Å². The maximum absolute atomic E-state index is 8.92. The van der Waals surface area contributed by atoms with Crippen molar-refractivity contribution in [2.75, 3.05) is 6.61 Å². The lowest BCUT2D eigenvalue weighted by Crippen LogP contribution is -2.29. The molecule has 0 fully saturated rings. The largest absolute Gasteiger partial charge is 0.396 e. The van der Waals surface area contributed by atoms with Crippen molar-refractivity contribution in [1.29, 1.82) is 0 Å². The highest BCUT2D eigenvalue weighted by Gasteiger charge is 2.05. The Morgan fingerprint density at radius 3 is 2.62 bits per heavy atom. The molecule has 1 rings (SSSR count). The van der Waals surface area contributed by atoms with E-state index in [9.17, 15) is 0 Å². The number of aryl methyl sites for hydroxylation is 2. The van der Waals surface area contributed by atoms with Crippen LogP contribution in [0.15, 0.2) is 18.2 Å². The zero-order valence-corrected chi connectivity index (χ0v) is 10.6. The average Bonchev–Trinajstić information content (AvgIpc) is 2.26. The van der Waals surface area contributed by atoms with Crippen LogP contribution >= 0.6 is 0 Å².